The van der Waals surface area contributed by atoms with Crippen molar-refractivity contribution in [3.63, 3.8) is 0 Å². The molecule has 9 aromatic rings. The highest BCUT2D eigenvalue weighted by Gasteiger charge is 2.17. The van der Waals surface area contributed by atoms with Gasteiger partial charge in [0.25, 0.3) is 0 Å². The number of thiophene rings is 1. The lowest BCUT2D eigenvalue weighted by molar-refractivity contribution is 1.18. The molecule has 0 aliphatic rings. The lowest BCUT2D eigenvalue weighted by Crippen LogP contribution is -1.96. The van der Waals surface area contributed by atoms with Crippen molar-refractivity contribution in [2.24, 2.45) is 0 Å². The van der Waals surface area contributed by atoms with E-state index in [-0.39, 0.29) is 0 Å². The maximum atomic E-state index is 2.46. The Morgan fingerprint density at radius 2 is 0.929 bits per heavy atom. The summed E-state index contributed by atoms with van der Waals surface area (Å²) in [6.07, 6.45) is 0. The average Bonchev–Trinajstić information content (AvgIpc) is 3.57. The molecule has 0 atom stereocenters. The van der Waals surface area contributed by atoms with Crippen LogP contribution in [0.1, 0.15) is 0 Å². The molecule has 2 aromatic heterocycles. The summed E-state index contributed by atoms with van der Waals surface area (Å²) in [5.74, 6) is 0. The maximum Gasteiger partial charge on any atom is 0.0555 e. The van der Waals surface area contributed by atoms with Gasteiger partial charge in [-0.15, -0.1) is 11.3 Å². The van der Waals surface area contributed by atoms with Gasteiger partial charge >= 0.3 is 0 Å². The highest BCUT2D eigenvalue weighted by atomic mass is 32.1. The molecular weight excluding hydrogens is 527 g/mol. The zero-order valence-electron chi connectivity index (χ0n) is 22.8. The van der Waals surface area contributed by atoms with Crippen LogP contribution in [0.5, 0.6) is 0 Å². The molecular formula is C40H25NS. The predicted molar refractivity (Wildman–Crippen MR) is 182 cm³/mol. The number of para-hydroxylation sites is 1. The Hall–Kier alpha value is -5.18. The third-order valence-corrected chi connectivity index (χ3v) is 9.64. The van der Waals surface area contributed by atoms with Gasteiger partial charge in [0.05, 0.1) is 11.0 Å². The third-order valence-electron chi connectivity index (χ3n) is 8.52. The minimum absolute atomic E-state index is 1.17. The zero-order valence-corrected chi connectivity index (χ0v) is 23.6. The molecule has 0 spiro atoms. The molecule has 0 bridgehead atoms. The third kappa shape index (κ3) is 3.62. The summed E-state index contributed by atoms with van der Waals surface area (Å²) in [7, 11) is 0. The summed E-state index contributed by atoms with van der Waals surface area (Å²) in [4.78, 5) is 0. The van der Waals surface area contributed by atoms with Crippen molar-refractivity contribution >= 4 is 64.1 Å². The molecule has 0 aliphatic carbocycles. The summed E-state index contributed by atoms with van der Waals surface area (Å²) in [5.41, 5.74) is 8.51. The number of fused-ring (bicyclic) bond motifs is 7. The van der Waals surface area contributed by atoms with Crippen LogP contribution in [0.25, 0.3) is 80.7 Å². The Morgan fingerprint density at radius 3 is 1.64 bits per heavy atom. The van der Waals surface area contributed by atoms with E-state index in [9.17, 15) is 0 Å². The Kier molecular flexibility index (Phi) is 5.13. The van der Waals surface area contributed by atoms with Crippen molar-refractivity contribution in [3.8, 4) is 27.9 Å². The first-order chi connectivity index (χ1) is 20.8. The highest BCUT2D eigenvalue weighted by molar-refractivity contribution is 7.26. The van der Waals surface area contributed by atoms with Crippen LogP contribution in [0.15, 0.2) is 152 Å². The lowest BCUT2D eigenvalue weighted by atomic mass is 9.98. The predicted octanol–water partition coefficient (Wildman–Crippen LogP) is 11.6. The fourth-order valence-electron chi connectivity index (χ4n) is 6.54. The largest absolute Gasteiger partial charge is 0.309 e. The van der Waals surface area contributed by atoms with Gasteiger partial charge in [0, 0.05) is 36.6 Å². The first kappa shape index (κ1) is 23.5. The fraction of sp³-hybridized carbons (Fsp3) is 0. The second-order valence-electron chi connectivity index (χ2n) is 11.0. The van der Waals surface area contributed by atoms with E-state index in [1.165, 1.54) is 80.7 Å². The molecule has 2 heterocycles. The minimum Gasteiger partial charge on any atom is -0.309 e. The normalized spacial score (nSPS) is 11.8. The summed E-state index contributed by atoms with van der Waals surface area (Å²) in [6.45, 7) is 0. The topological polar surface area (TPSA) is 4.93 Å². The van der Waals surface area contributed by atoms with Crippen LogP contribution in [-0.2, 0) is 0 Å². The molecule has 9 rings (SSSR count). The van der Waals surface area contributed by atoms with Gasteiger partial charge in [-0.3, -0.25) is 0 Å². The summed E-state index contributed by atoms with van der Waals surface area (Å²) in [6, 6.07) is 55.5. The molecule has 0 unspecified atom stereocenters. The first-order valence-electron chi connectivity index (χ1n) is 14.3. The van der Waals surface area contributed by atoms with Crippen LogP contribution >= 0.6 is 11.3 Å². The van der Waals surface area contributed by atoms with Crippen molar-refractivity contribution < 1.29 is 0 Å². The van der Waals surface area contributed by atoms with Gasteiger partial charge in [-0.25, -0.2) is 0 Å². The number of benzene rings is 7. The summed E-state index contributed by atoms with van der Waals surface area (Å²) < 4.78 is 5.12. The van der Waals surface area contributed by atoms with Crippen molar-refractivity contribution in [1.29, 1.82) is 0 Å². The molecule has 0 amide bonds. The van der Waals surface area contributed by atoms with Gasteiger partial charge < -0.3 is 4.57 Å². The number of hydrogen-bond acceptors (Lipinski definition) is 1. The Morgan fingerprint density at radius 1 is 0.357 bits per heavy atom. The van der Waals surface area contributed by atoms with E-state index in [4.69, 9.17) is 0 Å². The molecule has 0 N–H and O–H groups in total. The monoisotopic (exact) mass is 551 g/mol. The molecule has 7 aromatic carbocycles. The van der Waals surface area contributed by atoms with E-state index >= 15 is 0 Å². The molecule has 0 fully saturated rings. The molecule has 1 nitrogen and oxygen atoms in total. The van der Waals surface area contributed by atoms with Crippen LogP contribution in [-0.4, -0.2) is 4.57 Å². The van der Waals surface area contributed by atoms with Crippen LogP contribution < -0.4 is 0 Å². The Labute approximate surface area is 247 Å². The van der Waals surface area contributed by atoms with Crippen LogP contribution in [0.2, 0.25) is 0 Å². The standard InChI is InChI=1S/C40H25NS/c1-3-11-26(12-4-1)30-19-31(27-13-5-2-6-14-27)21-32(20-30)41-37-18-10-9-17-33(37)34-24-36-35-22-28-15-7-8-16-29(28)23-39(35)42-40(36)25-38(34)41/h1-25H. The van der Waals surface area contributed by atoms with Crippen LogP contribution in [0.4, 0.5) is 0 Å². The van der Waals surface area contributed by atoms with E-state index in [1.807, 2.05) is 11.3 Å². The van der Waals surface area contributed by atoms with Crippen LogP contribution in [0.3, 0.4) is 0 Å². The second-order valence-corrected chi connectivity index (χ2v) is 12.1. The fourth-order valence-corrected chi connectivity index (χ4v) is 7.69. The highest BCUT2D eigenvalue weighted by Crippen LogP contribution is 2.42. The molecule has 0 radical (unpaired) electrons. The van der Waals surface area contributed by atoms with Gasteiger partial charge in [-0.2, -0.15) is 0 Å². The van der Waals surface area contributed by atoms with Gasteiger partial charge in [-0.1, -0.05) is 103 Å². The van der Waals surface area contributed by atoms with E-state index in [0.29, 0.717) is 0 Å². The molecule has 196 valence electrons. The maximum absolute atomic E-state index is 2.46. The van der Waals surface area contributed by atoms with Gasteiger partial charge in [0.15, 0.2) is 0 Å². The van der Waals surface area contributed by atoms with E-state index in [0.717, 1.165) is 0 Å². The van der Waals surface area contributed by atoms with Gasteiger partial charge in [0.1, 0.15) is 0 Å². The Balaban J connectivity index is 1.37. The molecule has 2 heteroatoms. The zero-order chi connectivity index (χ0) is 27.6. The summed E-state index contributed by atoms with van der Waals surface area (Å²) in [5, 5.41) is 7.82. The van der Waals surface area contributed by atoms with E-state index < -0.39 is 0 Å². The van der Waals surface area contributed by atoms with E-state index in [2.05, 4.69) is 156 Å². The molecule has 0 saturated carbocycles. The SMILES string of the molecule is c1ccc(-c2cc(-c3ccccc3)cc(-n3c4ccccc4c4cc5c(cc43)sc3cc4ccccc4cc35)c2)cc1. The van der Waals surface area contributed by atoms with Crippen molar-refractivity contribution in [3.05, 3.63) is 152 Å². The number of nitrogens with zero attached hydrogens (tertiary/aromatic N) is 1. The molecule has 0 saturated heterocycles. The van der Waals surface area contributed by atoms with E-state index in [1.54, 1.807) is 0 Å². The van der Waals surface area contributed by atoms with Crippen LogP contribution in [0, 0.1) is 0 Å². The first-order valence-corrected chi connectivity index (χ1v) is 15.2. The minimum atomic E-state index is 1.17. The van der Waals surface area contributed by atoms with Crippen molar-refractivity contribution in [2.45, 2.75) is 0 Å². The van der Waals surface area contributed by atoms with Gasteiger partial charge in [0.2, 0.25) is 0 Å². The Bertz CT molecular complexity index is 2390. The average molecular weight is 552 g/mol. The molecule has 0 aliphatic heterocycles. The number of rotatable bonds is 3. The van der Waals surface area contributed by atoms with Crippen molar-refractivity contribution in [2.75, 3.05) is 0 Å². The van der Waals surface area contributed by atoms with Gasteiger partial charge in [-0.05, 0) is 81.6 Å². The number of hydrogen-bond donors (Lipinski definition) is 0. The smallest absolute Gasteiger partial charge is 0.0555 e. The lowest BCUT2D eigenvalue weighted by Gasteiger charge is -2.14. The van der Waals surface area contributed by atoms with Crippen molar-refractivity contribution in [1.82, 2.24) is 4.57 Å². The number of aromatic nitrogens is 1. The molecule has 42 heavy (non-hydrogen) atoms. The summed E-state index contributed by atoms with van der Waals surface area (Å²) >= 11 is 1.89. The quantitative estimate of drug-likeness (QED) is 0.206. The second kappa shape index (κ2) is 9.17.